The minimum atomic E-state index is 0.662. The van der Waals surface area contributed by atoms with E-state index in [4.69, 9.17) is 16.3 Å². The lowest BCUT2D eigenvalue weighted by Crippen LogP contribution is -2.31. The molecule has 0 atom stereocenters. The molecule has 0 saturated heterocycles. The number of ether oxygens (including phenoxy) is 1. The van der Waals surface area contributed by atoms with Crippen LogP contribution in [0.25, 0.3) is 0 Å². The molecule has 0 aliphatic carbocycles. The number of rotatable bonds is 7. The van der Waals surface area contributed by atoms with Gasteiger partial charge < -0.3 is 15.0 Å². The highest BCUT2D eigenvalue weighted by Gasteiger charge is 2.00. The van der Waals surface area contributed by atoms with Crippen LogP contribution in [0.3, 0.4) is 0 Å². The SMILES string of the molecule is COCCNCCN(C)c1ccc(Cl)cn1. The summed E-state index contributed by atoms with van der Waals surface area (Å²) in [5.74, 6) is 0.929. The van der Waals surface area contributed by atoms with E-state index in [1.54, 1.807) is 13.3 Å². The Balaban J connectivity index is 2.24. The van der Waals surface area contributed by atoms with Crippen LogP contribution in [0, 0.1) is 0 Å². The average Bonchev–Trinajstić information content (AvgIpc) is 2.29. The molecule has 4 nitrogen and oxygen atoms in total. The van der Waals surface area contributed by atoms with E-state index in [0.717, 1.165) is 32.1 Å². The van der Waals surface area contributed by atoms with Gasteiger partial charge in [0.2, 0.25) is 0 Å². The molecule has 0 unspecified atom stereocenters. The van der Waals surface area contributed by atoms with Crippen molar-refractivity contribution in [1.82, 2.24) is 10.3 Å². The molecule has 1 heterocycles. The van der Waals surface area contributed by atoms with Crippen molar-refractivity contribution in [2.75, 3.05) is 45.3 Å². The van der Waals surface area contributed by atoms with Crippen LogP contribution >= 0.6 is 11.6 Å². The van der Waals surface area contributed by atoms with Crippen molar-refractivity contribution in [1.29, 1.82) is 0 Å². The number of pyridine rings is 1. The van der Waals surface area contributed by atoms with Crippen molar-refractivity contribution in [2.24, 2.45) is 0 Å². The lowest BCUT2D eigenvalue weighted by molar-refractivity contribution is 0.200. The standard InChI is InChI=1S/C11H18ClN3O/c1-15(7-5-13-6-8-16-2)11-4-3-10(12)9-14-11/h3-4,9,13H,5-8H2,1-2H3. The summed E-state index contributed by atoms with van der Waals surface area (Å²) >= 11 is 5.77. The molecule has 90 valence electrons. The Morgan fingerprint density at radius 1 is 1.44 bits per heavy atom. The average molecular weight is 244 g/mol. The van der Waals surface area contributed by atoms with Gasteiger partial charge in [-0.15, -0.1) is 0 Å². The molecule has 0 spiro atoms. The zero-order valence-corrected chi connectivity index (χ0v) is 10.5. The summed E-state index contributed by atoms with van der Waals surface area (Å²) in [7, 11) is 3.71. The molecule has 0 aliphatic rings. The summed E-state index contributed by atoms with van der Waals surface area (Å²) in [6, 6.07) is 3.76. The van der Waals surface area contributed by atoms with Crippen molar-refractivity contribution in [2.45, 2.75) is 0 Å². The third kappa shape index (κ3) is 4.79. The Hall–Kier alpha value is -0.840. The van der Waals surface area contributed by atoms with E-state index < -0.39 is 0 Å². The van der Waals surface area contributed by atoms with Gasteiger partial charge in [-0.2, -0.15) is 0 Å². The maximum absolute atomic E-state index is 5.77. The molecule has 1 aromatic heterocycles. The fourth-order valence-corrected chi connectivity index (χ4v) is 1.37. The summed E-state index contributed by atoms with van der Waals surface area (Å²) in [5, 5.41) is 3.94. The van der Waals surface area contributed by atoms with Crippen LogP contribution in [-0.2, 0) is 4.74 Å². The predicted molar refractivity (Wildman–Crippen MR) is 67.3 cm³/mol. The van der Waals surface area contributed by atoms with Gasteiger partial charge in [0.1, 0.15) is 5.82 Å². The molecule has 1 aromatic rings. The third-order valence-corrected chi connectivity index (χ3v) is 2.43. The van der Waals surface area contributed by atoms with E-state index in [1.807, 2.05) is 19.2 Å². The highest BCUT2D eigenvalue weighted by molar-refractivity contribution is 6.30. The summed E-state index contributed by atoms with van der Waals surface area (Å²) in [5.41, 5.74) is 0. The minimum absolute atomic E-state index is 0.662. The van der Waals surface area contributed by atoms with E-state index in [-0.39, 0.29) is 0 Å². The molecule has 1 N–H and O–H groups in total. The molecule has 0 amide bonds. The van der Waals surface area contributed by atoms with Crippen LogP contribution in [0.4, 0.5) is 5.82 Å². The maximum Gasteiger partial charge on any atom is 0.128 e. The van der Waals surface area contributed by atoms with Crippen LogP contribution in [0.15, 0.2) is 18.3 Å². The molecule has 0 fully saturated rings. The molecule has 0 bridgehead atoms. The molecular weight excluding hydrogens is 226 g/mol. The van der Waals surface area contributed by atoms with Gasteiger partial charge in [-0.1, -0.05) is 11.6 Å². The summed E-state index contributed by atoms with van der Waals surface area (Å²) in [6.07, 6.45) is 1.66. The molecule has 0 saturated carbocycles. The fraction of sp³-hybridized carbons (Fsp3) is 0.545. The van der Waals surface area contributed by atoms with Gasteiger partial charge in [0.05, 0.1) is 11.6 Å². The Morgan fingerprint density at radius 2 is 2.25 bits per heavy atom. The smallest absolute Gasteiger partial charge is 0.128 e. The second-order valence-corrected chi connectivity index (χ2v) is 3.94. The first-order chi connectivity index (χ1) is 7.74. The quantitative estimate of drug-likeness (QED) is 0.735. The van der Waals surface area contributed by atoms with Gasteiger partial charge in [-0.25, -0.2) is 4.98 Å². The number of anilines is 1. The van der Waals surface area contributed by atoms with Crippen molar-refractivity contribution in [3.8, 4) is 0 Å². The normalized spacial score (nSPS) is 10.4. The summed E-state index contributed by atoms with van der Waals surface area (Å²) in [6.45, 7) is 3.42. The Kier molecular flexibility index (Phi) is 6.15. The van der Waals surface area contributed by atoms with E-state index in [0.29, 0.717) is 5.02 Å². The van der Waals surface area contributed by atoms with Gasteiger partial charge in [-0.3, -0.25) is 0 Å². The number of halogens is 1. The lowest BCUT2D eigenvalue weighted by atomic mass is 10.4. The van der Waals surface area contributed by atoms with Crippen molar-refractivity contribution in [3.63, 3.8) is 0 Å². The summed E-state index contributed by atoms with van der Waals surface area (Å²) in [4.78, 5) is 6.31. The second kappa shape index (κ2) is 7.44. The lowest BCUT2D eigenvalue weighted by Gasteiger charge is -2.18. The number of methoxy groups -OCH3 is 1. The first-order valence-corrected chi connectivity index (χ1v) is 5.64. The van der Waals surface area contributed by atoms with Crippen LogP contribution in [0.5, 0.6) is 0 Å². The zero-order chi connectivity index (χ0) is 11.8. The van der Waals surface area contributed by atoms with Gasteiger partial charge in [0, 0.05) is 40.0 Å². The van der Waals surface area contributed by atoms with Gasteiger partial charge >= 0.3 is 0 Å². The fourth-order valence-electron chi connectivity index (χ4n) is 1.25. The number of hydrogen-bond acceptors (Lipinski definition) is 4. The number of nitrogens with zero attached hydrogens (tertiary/aromatic N) is 2. The number of hydrogen-bond donors (Lipinski definition) is 1. The third-order valence-electron chi connectivity index (χ3n) is 2.21. The topological polar surface area (TPSA) is 37.4 Å². The van der Waals surface area contributed by atoms with Crippen LogP contribution in [0.1, 0.15) is 0 Å². The summed E-state index contributed by atoms with van der Waals surface area (Å²) < 4.78 is 4.94. The van der Waals surface area contributed by atoms with Gasteiger partial charge in [0.15, 0.2) is 0 Å². The highest BCUT2D eigenvalue weighted by Crippen LogP contribution is 2.12. The van der Waals surface area contributed by atoms with E-state index >= 15 is 0 Å². The number of aromatic nitrogens is 1. The zero-order valence-electron chi connectivity index (χ0n) is 9.74. The number of likely N-dealkylation sites (N-methyl/N-ethyl adjacent to an activating group) is 1. The van der Waals surface area contributed by atoms with Gasteiger partial charge in [0.25, 0.3) is 0 Å². The molecule has 0 aliphatic heterocycles. The Morgan fingerprint density at radius 3 is 2.88 bits per heavy atom. The van der Waals surface area contributed by atoms with Crippen LogP contribution in [0.2, 0.25) is 5.02 Å². The molecule has 1 rings (SSSR count). The van der Waals surface area contributed by atoms with Crippen LogP contribution < -0.4 is 10.2 Å². The first-order valence-electron chi connectivity index (χ1n) is 5.26. The highest BCUT2D eigenvalue weighted by atomic mass is 35.5. The molecule has 0 aromatic carbocycles. The molecule has 5 heteroatoms. The van der Waals surface area contributed by atoms with Crippen molar-refractivity contribution < 1.29 is 4.74 Å². The maximum atomic E-state index is 5.77. The molecular formula is C11H18ClN3O. The largest absolute Gasteiger partial charge is 0.383 e. The number of nitrogens with one attached hydrogen (secondary N) is 1. The molecule has 0 radical (unpaired) electrons. The van der Waals surface area contributed by atoms with Crippen molar-refractivity contribution in [3.05, 3.63) is 23.4 Å². The first kappa shape index (κ1) is 13.2. The Labute approximate surface area is 102 Å². The Bertz CT molecular complexity index is 292. The van der Waals surface area contributed by atoms with Crippen LogP contribution in [-0.4, -0.2) is 45.4 Å². The van der Waals surface area contributed by atoms with Gasteiger partial charge in [-0.05, 0) is 12.1 Å². The molecule has 16 heavy (non-hydrogen) atoms. The van der Waals surface area contributed by atoms with E-state index in [9.17, 15) is 0 Å². The predicted octanol–water partition coefficient (Wildman–Crippen LogP) is 1.41. The van der Waals surface area contributed by atoms with E-state index in [1.165, 1.54) is 0 Å². The second-order valence-electron chi connectivity index (χ2n) is 3.50. The van der Waals surface area contributed by atoms with E-state index in [2.05, 4.69) is 15.2 Å². The monoisotopic (exact) mass is 243 g/mol. The minimum Gasteiger partial charge on any atom is -0.383 e. The van der Waals surface area contributed by atoms with Crippen molar-refractivity contribution >= 4 is 17.4 Å².